The molecule has 10 heteroatoms. The zero-order chi connectivity index (χ0) is 25.2. The molecule has 0 radical (unpaired) electrons. The number of anilines is 2. The van der Waals surface area contributed by atoms with Gasteiger partial charge in [-0.05, 0) is 52.3 Å². The Bertz CT molecular complexity index is 1380. The summed E-state index contributed by atoms with van der Waals surface area (Å²) in [6.45, 7) is 0. The molecule has 0 fully saturated rings. The van der Waals surface area contributed by atoms with Gasteiger partial charge in [0.25, 0.3) is 11.8 Å². The number of alkyl halides is 3. The minimum Gasteiger partial charge on any atom is -0.322 e. The Kier molecular flexibility index (Phi) is 6.74. The van der Waals surface area contributed by atoms with Gasteiger partial charge in [-0.1, -0.05) is 42.5 Å². The van der Waals surface area contributed by atoms with E-state index in [4.69, 9.17) is 0 Å². The molecule has 0 aliphatic heterocycles. The first kappa shape index (κ1) is 24.2. The third-order valence-corrected chi connectivity index (χ3v) is 5.90. The fraction of sp³-hybridized carbons (Fsp3) is 0.0800. The lowest BCUT2D eigenvalue weighted by Crippen LogP contribution is -2.18. The lowest BCUT2D eigenvalue weighted by molar-refractivity contribution is -0.137. The van der Waals surface area contributed by atoms with Crippen LogP contribution in [0.3, 0.4) is 0 Å². The molecule has 4 aromatic rings. The fourth-order valence-corrected chi connectivity index (χ4v) is 4.09. The molecular weight excluding hydrogens is 525 g/mol. The largest absolute Gasteiger partial charge is 0.417 e. The van der Waals surface area contributed by atoms with Crippen LogP contribution in [0.25, 0.3) is 11.3 Å². The highest BCUT2D eigenvalue weighted by atomic mass is 79.9. The van der Waals surface area contributed by atoms with Crippen molar-refractivity contribution in [2.24, 2.45) is 7.05 Å². The van der Waals surface area contributed by atoms with Crippen molar-refractivity contribution < 1.29 is 22.8 Å². The van der Waals surface area contributed by atoms with Gasteiger partial charge < -0.3 is 10.6 Å². The Morgan fingerprint density at radius 2 is 1.49 bits per heavy atom. The SMILES string of the molecule is Cn1nc(-c2ccc(NC(=O)c3ccccc3C(F)(F)F)cc2)c(Br)c1NC(=O)c1ccccc1. The van der Waals surface area contributed by atoms with Crippen LogP contribution in [0.5, 0.6) is 0 Å². The van der Waals surface area contributed by atoms with E-state index in [1.54, 1.807) is 55.6 Å². The second-order valence-electron chi connectivity index (χ2n) is 7.53. The molecular formula is C25H18BrF3N4O2. The smallest absolute Gasteiger partial charge is 0.322 e. The molecule has 1 aromatic heterocycles. The van der Waals surface area contributed by atoms with Crippen LogP contribution in [0.4, 0.5) is 24.7 Å². The topological polar surface area (TPSA) is 76.0 Å². The first-order valence-electron chi connectivity index (χ1n) is 10.3. The van der Waals surface area contributed by atoms with Crippen LogP contribution in [-0.4, -0.2) is 21.6 Å². The highest BCUT2D eigenvalue weighted by Crippen LogP contribution is 2.35. The van der Waals surface area contributed by atoms with Gasteiger partial charge in [0, 0.05) is 23.9 Å². The van der Waals surface area contributed by atoms with Crippen molar-refractivity contribution in [3.8, 4) is 11.3 Å². The quantitative estimate of drug-likeness (QED) is 0.307. The molecule has 6 nitrogen and oxygen atoms in total. The number of carbonyl (C=O) groups is 2. The highest BCUT2D eigenvalue weighted by molar-refractivity contribution is 9.10. The zero-order valence-corrected chi connectivity index (χ0v) is 19.8. The van der Waals surface area contributed by atoms with E-state index in [9.17, 15) is 22.8 Å². The third kappa shape index (κ3) is 5.27. The lowest BCUT2D eigenvalue weighted by Gasteiger charge is -2.12. The molecule has 35 heavy (non-hydrogen) atoms. The van der Waals surface area contributed by atoms with Crippen molar-refractivity contribution in [2.45, 2.75) is 6.18 Å². The summed E-state index contributed by atoms with van der Waals surface area (Å²) in [5.74, 6) is -0.705. The number of hydrogen-bond acceptors (Lipinski definition) is 3. The fourth-order valence-electron chi connectivity index (χ4n) is 3.43. The molecule has 0 bridgehead atoms. The van der Waals surface area contributed by atoms with E-state index in [0.717, 1.165) is 12.1 Å². The molecule has 0 aliphatic carbocycles. The van der Waals surface area contributed by atoms with Crippen LogP contribution in [0.1, 0.15) is 26.3 Å². The molecule has 2 amide bonds. The average Bonchev–Trinajstić information content (AvgIpc) is 3.12. The van der Waals surface area contributed by atoms with Gasteiger partial charge >= 0.3 is 6.18 Å². The normalized spacial score (nSPS) is 11.2. The van der Waals surface area contributed by atoms with Gasteiger partial charge in [-0.15, -0.1) is 0 Å². The van der Waals surface area contributed by atoms with Crippen LogP contribution in [0.2, 0.25) is 0 Å². The first-order valence-corrected chi connectivity index (χ1v) is 11.1. The maximum Gasteiger partial charge on any atom is 0.417 e. The van der Waals surface area contributed by atoms with E-state index >= 15 is 0 Å². The monoisotopic (exact) mass is 542 g/mol. The van der Waals surface area contributed by atoms with Crippen LogP contribution in [-0.2, 0) is 13.2 Å². The van der Waals surface area contributed by atoms with Crippen molar-refractivity contribution in [3.05, 3.63) is 100 Å². The minimum absolute atomic E-state index is 0.293. The highest BCUT2D eigenvalue weighted by Gasteiger charge is 2.34. The molecule has 0 saturated carbocycles. The summed E-state index contributed by atoms with van der Waals surface area (Å²) in [5, 5.41) is 9.76. The van der Waals surface area contributed by atoms with Crippen molar-refractivity contribution in [1.29, 1.82) is 0 Å². The molecule has 0 unspecified atom stereocenters. The number of halogens is 4. The Morgan fingerprint density at radius 1 is 0.857 bits per heavy atom. The van der Waals surface area contributed by atoms with Crippen LogP contribution in [0.15, 0.2) is 83.3 Å². The molecule has 3 aromatic carbocycles. The Labute approximate surface area is 206 Å². The number of benzene rings is 3. The van der Waals surface area contributed by atoms with E-state index in [-0.39, 0.29) is 5.91 Å². The van der Waals surface area contributed by atoms with Gasteiger partial charge in [-0.2, -0.15) is 18.3 Å². The summed E-state index contributed by atoms with van der Waals surface area (Å²) in [6, 6.07) is 19.8. The Morgan fingerprint density at radius 3 is 2.14 bits per heavy atom. The number of amides is 2. The van der Waals surface area contributed by atoms with Crippen molar-refractivity contribution in [2.75, 3.05) is 10.6 Å². The molecule has 1 heterocycles. The second kappa shape index (κ2) is 9.75. The van der Waals surface area contributed by atoms with Gasteiger partial charge in [-0.25, -0.2) is 0 Å². The molecule has 178 valence electrons. The average molecular weight is 543 g/mol. The van der Waals surface area contributed by atoms with Crippen molar-refractivity contribution in [1.82, 2.24) is 9.78 Å². The molecule has 0 atom stereocenters. The number of hydrogen-bond donors (Lipinski definition) is 2. The number of carbonyl (C=O) groups excluding carboxylic acids is 2. The van der Waals surface area contributed by atoms with E-state index in [2.05, 4.69) is 31.7 Å². The minimum atomic E-state index is -4.64. The van der Waals surface area contributed by atoms with E-state index in [1.807, 2.05) is 6.07 Å². The summed E-state index contributed by atoms with van der Waals surface area (Å²) < 4.78 is 41.7. The molecule has 2 N–H and O–H groups in total. The predicted molar refractivity (Wildman–Crippen MR) is 130 cm³/mol. The van der Waals surface area contributed by atoms with Gasteiger partial charge in [-0.3, -0.25) is 14.3 Å². The summed E-state index contributed by atoms with van der Waals surface area (Å²) in [4.78, 5) is 25.0. The van der Waals surface area contributed by atoms with Gasteiger partial charge in [0.05, 0.1) is 15.6 Å². The van der Waals surface area contributed by atoms with E-state index in [0.29, 0.717) is 32.8 Å². The first-order chi connectivity index (χ1) is 16.6. The second-order valence-corrected chi connectivity index (χ2v) is 8.32. The van der Waals surface area contributed by atoms with Crippen LogP contribution in [0, 0.1) is 0 Å². The standard InChI is InChI=1S/C25H18BrF3N4O2/c1-33-22(31-23(34)16-7-3-2-4-8-16)20(26)21(32-33)15-11-13-17(14-12-15)30-24(35)18-9-5-6-10-19(18)25(27,28)29/h2-14H,1H3,(H,30,35)(H,31,34). The molecule has 0 aliphatic rings. The number of aromatic nitrogens is 2. The maximum absolute atomic E-state index is 13.2. The number of rotatable bonds is 5. The molecule has 0 saturated heterocycles. The lowest BCUT2D eigenvalue weighted by atomic mass is 10.1. The summed E-state index contributed by atoms with van der Waals surface area (Å²) in [6.07, 6.45) is -4.64. The Balaban J connectivity index is 1.53. The summed E-state index contributed by atoms with van der Waals surface area (Å²) >= 11 is 3.48. The molecule has 0 spiro atoms. The number of nitrogens with zero attached hydrogens (tertiary/aromatic N) is 2. The number of aryl methyl sites for hydroxylation is 1. The van der Waals surface area contributed by atoms with E-state index in [1.165, 1.54) is 16.8 Å². The predicted octanol–water partition coefficient (Wildman–Crippen LogP) is 6.37. The van der Waals surface area contributed by atoms with Gasteiger partial charge in [0.2, 0.25) is 0 Å². The third-order valence-electron chi connectivity index (χ3n) is 5.15. The zero-order valence-electron chi connectivity index (χ0n) is 18.2. The van der Waals surface area contributed by atoms with Crippen LogP contribution >= 0.6 is 15.9 Å². The maximum atomic E-state index is 13.2. The van der Waals surface area contributed by atoms with E-state index < -0.39 is 23.2 Å². The van der Waals surface area contributed by atoms with Crippen molar-refractivity contribution in [3.63, 3.8) is 0 Å². The number of nitrogens with one attached hydrogen (secondary N) is 2. The van der Waals surface area contributed by atoms with Gasteiger partial charge in [0.15, 0.2) is 0 Å². The summed E-state index contributed by atoms with van der Waals surface area (Å²) in [7, 11) is 1.68. The van der Waals surface area contributed by atoms with Crippen molar-refractivity contribution >= 4 is 39.2 Å². The summed E-state index contributed by atoms with van der Waals surface area (Å²) in [5.41, 5.74) is 0.555. The van der Waals surface area contributed by atoms with Gasteiger partial charge in [0.1, 0.15) is 11.5 Å². The van der Waals surface area contributed by atoms with Crippen LogP contribution < -0.4 is 10.6 Å². The molecule has 4 rings (SSSR count). The Hall–Kier alpha value is -3.92.